The fourth-order valence-corrected chi connectivity index (χ4v) is 3.51. The zero-order chi connectivity index (χ0) is 14.9. The van der Waals surface area contributed by atoms with Crippen LogP contribution in [-0.4, -0.2) is 53.9 Å². The van der Waals surface area contributed by atoms with Gasteiger partial charge in [0.1, 0.15) is 0 Å². The summed E-state index contributed by atoms with van der Waals surface area (Å²) in [7, 11) is 0. The van der Waals surface area contributed by atoms with Crippen LogP contribution in [0.1, 0.15) is 26.2 Å². The maximum absolute atomic E-state index is 13.1. The predicted molar refractivity (Wildman–Crippen MR) is 67.3 cm³/mol. The summed E-state index contributed by atoms with van der Waals surface area (Å²) >= 11 is 0. The van der Waals surface area contributed by atoms with Gasteiger partial charge in [0.25, 0.3) is 0 Å². The van der Waals surface area contributed by atoms with Gasteiger partial charge in [-0.25, -0.2) is 0 Å². The third-order valence-corrected chi connectivity index (χ3v) is 4.58. The van der Waals surface area contributed by atoms with Gasteiger partial charge in [0.05, 0.1) is 11.8 Å². The van der Waals surface area contributed by atoms with Gasteiger partial charge in [-0.2, -0.15) is 13.2 Å². The summed E-state index contributed by atoms with van der Waals surface area (Å²) in [6, 6.07) is 0.0401. The van der Waals surface area contributed by atoms with Crippen LogP contribution in [0, 0.1) is 11.8 Å². The molecule has 2 rings (SSSR count). The molecule has 2 fully saturated rings. The van der Waals surface area contributed by atoms with E-state index in [1.54, 1.807) is 0 Å². The Morgan fingerprint density at radius 2 is 2.05 bits per heavy atom. The van der Waals surface area contributed by atoms with Crippen molar-refractivity contribution < 1.29 is 23.1 Å². The number of carboxylic acid groups (broad SMARTS) is 1. The van der Waals surface area contributed by atoms with Gasteiger partial charge in [-0.15, -0.1) is 0 Å². The van der Waals surface area contributed by atoms with E-state index >= 15 is 0 Å². The molecule has 0 aromatic rings. The van der Waals surface area contributed by atoms with Crippen molar-refractivity contribution in [2.24, 2.45) is 11.8 Å². The maximum atomic E-state index is 13.1. The maximum Gasteiger partial charge on any atom is 0.392 e. The first-order valence-electron chi connectivity index (χ1n) is 7.06. The molecule has 2 N–H and O–H groups in total. The molecule has 0 aromatic carbocycles. The third-order valence-electron chi connectivity index (χ3n) is 4.58. The van der Waals surface area contributed by atoms with Crippen LogP contribution >= 0.6 is 0 Å². The topological polar surface area (TPSA) is 52.6 Å². The normalized spacial score (nSPS) is 36.8. The lowest BCUT2D eigenvalue weighted by molar-refractivity contribution is -0.208. The van der Waals surface area contributed by atoms with E-state index in [-0.39, 0.29) is 24.9 Å². The van der Waals surface area contributed by atoms with Crippen molar-refractivity contribution in [1.82, 2.24) is 10.2 Å². The molecule has 1 saturated carbocycles. The minimum Gasteiger partial charge on any atom is -0.481 e. The smallest absolute Gasteiger partial charge is 0.392 e. The van der Waals surface area contributed by atoms with E-state index in [0.717, 1.165) is 19.6 Å². The Balaban J connectivity index is 2.10. The van der Waals surface area contributed by atoms with E-state index in [1.807, 2.05) is 6.92 Å². The molecule has 7 heteroatoms. The second-order valence-electron chi connectivity index (χ2n) is 5.85. The van der Waals surface area contributed by atoms with Crippen molar-refractivity contribution >= 4 is 5.97 Å². The third kappa shape index (κ3) is 3.25. The number of nitrogens with one attached hydrogen (secondary N) is 1. The van der Waals surface area contributed by atoms with Crippen molar-refractivity contribution in [3.63, 3.8) is 0 Å². The average molecular weight is 294 g/mol. The Labute approximate surface area is 116 Å². The number of alkyl halides is 3. The van der Waals surface area contributed by atoms with Gasteiger partial charge in [-0.05, 0) is 26.2 Å². The van der Waals surface area contributed by atoms with Crippen LogP contribution in [0.3, 0.4) is 0 Å². The summed E-state index contributed by atoms with van der Waals surface area (Å²) in [5, 5.41) is 12.2. The number of nitrogens with zero attached hydrogens (tertiary/aromatic N) is 1. The van der Waals surface area contributed by atoms with Crippen molar-refractivity contribution in [3.05, 3.63) is 0 Å². The summed E-state index contributed by atoms with van der Waals surface area (Å²) in [4.78, 5) is 13.1. The molecule has 4 nitrogen and oxygen atoms in total. The van der Waals surface area contributed by atoms with Gasteiger partial charge in [-0.3, -0.25) is 9.69 Å². The number of rotatable bonds is 2. The first-order valence-corrected chi connectivity index (χ1v) is 7.06. The highest BCUT2D eigenvalue weighted by molar-refractivity contribution is 5.70. The first kappa shape index (κ1) is 15.6. The zero-order valence-corrected chi connectivity index (χ0v) is 11.5. The molecule has 1 aliphatic carbocycles. The van der Waals surface area contributed by atoms with E-state index in [1.165, 1.54) is 0 Å². The van der Waals surface area contributed by atoms with Crippen molar-refractivity contribution in [2.75, 3.05) is 19.6 Å². The van der Waals surface area contributed by atoms with Gasteiger partial charge >= 0.3 is 12.1 Å². The summed E-state index contributed by atoms with van der Waals surface area (Å²) in [6.45, 7) is 4.28. The summed E-state index contributed by atoms with van der Waals surface area (Å²) in [6.07, 6.45) is -3.88. The van der Waals surface area contributed by atoms with Gasteiger partial charge < -0.3 is 10.4 Å². The molecule has 0 bridgehead atoms. The average Bonchev–Trinajstić information content (AvgIpc) is 2.37. The number of carboxylic acids is 1. The number of hydrogen-bond acceptors (Lipinski definition) is 3. The highest BCUT2D eigenvalue weighted by Crippen LogP contribution is 2.43. The molecule has 1 saturated heterocycles. The van der Waals surface area contributed by atoms with Crippen LogP contribution in [0.5, 0.6) is 0 Å². The zero-order valence-electron chi connectivity index (χ0n) is 11.5. The molecule has 4 unspecified atom stereocenters. The predicted octanol–water partition coefficient (Wildman–Crippen LogP) is 1.71. The highest BCUT2D eigenvalue weighted by Gasteiger charge is 2.51. The summed E-state index contributed by atoms with van der Waals surface area (Å²) in [5.41, 5.74) is 0. The molecule has 0 radical (unpaired) electrons. The second kappa shape index (κ2) is 5.89. The Morgan fingerprint density at radius 3 is 2.60 bits per heavy atom. The van der Waals surface area contributed by atoms with Crippen LogP contribution in [-0.2, 0) is 4.79 Å². The largest absolute Gasteiger partial charge is 0.481 e. The standard InChI is InChI=1S/C13H21F3N2O2/c1-8-7-17-4-5-18(8)9-2-3-10(12(19)20)11(6-9)13(14,15)16/h8-11,17H,2-7H2,1H3,(H,19,20). The number of carbonyl (C=O) groups is 1. The van der Waals surface area contributed by atoms with Crippen molar-refractivity contribution in [2.45, 2.75) is 44.4 Å². The quantitative estimate of drug-likeness (QED) is 0.814. The Kier molecular flexibility index (Phi) is 4.59. The fraction of sp³-hybridized carbons (Fsp3) is 0.923. The van der Waals surface area contributed by atoms with E-state index in [9.17, 15) is 18.0 Å². The lowest BCUT2D eigenvalue weighted by atomic mass is 9.75. The molecule has 2 aliphatic rings. The number of aliphatic carboxylic acids is 1. The number of halogens is 3. The van der Waals surface area contributed by atoms with Gasteiger partial charge in [0.2, 0.25) is 0 Å². The molecule has 116 valence electrons. The van der Waals surface area contributed by atoms with Crippen molar-refractivity contribution in [1.29, 1.82) is 0 Å². The Bertz CT molecular complexity index is 362. The van der Waals surface area contributed by atoms with Gasteiger partial charge in [0.15, 0.2) is 0 Å². The molecular formula is C13H21F3N2O2. The van der Waals surface area contributed by atoms with E-state index in [0.29, 0.717) is 6.42 Å². The Morgan fingerprint density at radius 1 is 1.35 bits per heavy atom. The monoisotopic (exact) mass is 294 g/mol. The van der Waals surface area contributed by atoms with E-state index in [4.69, 9.17) is 5.11 Å². The summed E-state index contributed by atoms with van der Waals surface area (Å²) < 4.78 is 39.3. The molecule has 20 heavy (non-hydrogen) atoms. The molecule has 0 amide bonds. The number of piperazine rings is 1. The molecule has 1 aliphatic heterocycles. The minimum absolute atomic E-state index is 0.0925. The molecule has 1 heterocycles. The second-order valence-corrected chi connectivity index (χ2v) is 5.85. The SMILES string of the molecule is CC1CNCCN1C1CCC(C(=O)O)C(C(F)(F)F)C1. The molecule has 0 aromatic heterocycles. The van der Waals surface area contributed by atoms with Crippen LogP contribution in [0.15, 0.2) is 0 Å². The molecule has 4 atom stereocenters. The molecule has 0 spiro atoms. The number of hydrogen-bond donors (Lipinski definition) is 2. The van der Waals surface area contributed by atoms with Crippen LogP contribution in [0.2, 0.25) is 0 Å². The first-order chi connectivity index (χ1) is 9.30. The van der Waals surface area contributed by atoms with Crippen LogP contribution in [0.25, 0.3) is 0 Å². The fourth-order valence-electron chi connectivity index (χ4n) is 3.51. The Hall–Kier alpha value is -0.820. The highest BCUT2D eigenvalue weighted by atomic mass is 19.4. The van der Waals surface area contributed by atoms with E-state index < -0.39 is 24.0 Å². The molecular weight excluding hydrogens is 273 g/mol. The van der Waals surface area contributed by atoms with Gasteiger partial charge in [0, 0.05) is 31.7 Å². The lowest BCUT2D eigenvalue weighted by Crippen LogP contribution is -2.56. The van der Waals surface area contributed by atoms with Gasteiger partial charge in [-0.1, -0.05) is 0 Å². The lowest BCUT2D eigenvalue weighted by Gasteiger charge is -2.45. The van der Waals surface area contributed by atoms with Crippen LogP contribution in [0.4, 0.5) is 13.2 Å². The van der Waals surface area contributed by atoms with Crippen LogP contribution < -0.4 is 5.32 Å². The van der Waals surface area contributed by atoms with E-state index in [2.05, 4.69) is 10.2 Å². The van der Waals surface area contributed by atoms with Crippen molar-refractivity contribution in [3.8, 4) is 0 Å². The minimum atomic E-state index is -4.43. The summed E-state index contributed by atoms with van der Waals surface area (Å²) in [5.74, 6) is -4.33.